The van der Waals surface area contributed by atoms with Gasteiger partial charge in [-0.15, -0.1) is 0 Å². The third-order valence-electron chi connectivity index (χ3n) is 4.38. The largest absolute Gasteiger partial charge is 0.316 e. The summed E-state index contributed by atoms with van der Waals surface area (Å²) in [5.41, 5.74) is 0. The second-order valence-electron chi connectivity index (χ2n) is 5.67. The Hall–Kier alpha value is -0.0800. The van der Waals surface area contributed by atoms with Crippen LogP contribution in [0.4, 0.5) is 0 Å². The predicted octanol–water partition coefficient (Wildman–Crippen LogP) is 1.96. The molecule has 2 aliphatic heterocycles. The quantitative estimate of drug-likeness (QED) is 0.763. The van der Waals surface area contributed by atoms with E-state index >= 15 is 0 Å². The molecule has 2 saturated heterocycles. The van der Waals surface area contributed by atoms with Crippen molar-refractivity contribution in [2.45, 2.75) is 39.7 Å². The van der Waals surface area contributed by atoms with Crippen molar-refractivity contribution in [3.8, 4) is 0 Å². The van der Waals surface area contributed by atoms with Crippen LogP contribution in [-0.4, -0.2) is 37.1 Å². The molecule has 0 saturated carbocycles. The maximum atomic E-state index is 3.53. The number of nitrogens with zero attached hydrogens (tertiary/aromatic N) is 1. The van der Waals surface area contributed by atoms with Gasteiger partial charge in [-0.1, -0.05) is 20.3 Å². The van der Waals surface area contributed by atoms with Crippen molar-refractivity contribution < 1.29 is 0 Å². The minimum atomic E-state index is 0.810. The molecule has 0 amide bonds. The Balaban J connectivity index is 1.84. The van der Waals surface area contributed by atoms with Crippen molar-refractivity contribution in [3.05, 3.63) is 0 Å². The first kappa shape index (κ1) is 11.4. The van der Waals surface area contributed by atoms with Crippen molar-refractivity contribution in [2.75, 3.05) is 26.2 Å². The number of hydrogen-bond donors (Lipinski definition) is 1. The highest BCUT2D eigenvalue weighted by Crippen LogP contribution is 2.32. The van der Waals surface area contributed by atoms with Crippen LogP contribution in [0.25, 0.3) is 0 Å². The van der Waals surface area contributed by atoms with E-state index in [2.05, 4.69) is 31.0 Å². The number of likely N-dealkylation sites (tertiary alicyclic amines) is 1. The van der Waals surface area contributed by atoms with E-state index in [-0.39, 0.29) is 0 Å². The van der Waals surface area contributed by atoms with Gasteiger partial charge in [0.1, 0.15) is 0 Å². The molecule has 0 radical (unpaired) electrons. The summed E-state index contributed by atoms with van der Waals surface area (Å²) in [6.45, 7) is 12.3. The van der Waals surface area contributed by atoms with Crippen LogP contribution in [0, 0.1) is 17.8 Å². The van der Waals surface area contributed by atoms with Gasteiger partial charge in [-0.05, 0) is 44.2 Å². The maximum absolute atomic E-state index is 3.53. The monoisotopic (exact) mass is 210 g/mol. The standard InChI is InChI=1S/C13H26N2/c1-4-5-10(2)8-15-9-12-6-14-7-13(12)11(15)3/h10-14H,4-9H2,1-3H3. The summed E-state index contributed by atoms with van der Waals surface area (Å²) in [5, 5.41) is 3.53. The third-order valence-corrected chi connectivity index (χ3v) is 4.38. The van der Waals surface area contributed by atoms with Crippen molar-refractivity contribution in [2.24, 2.45) is 17.8 Å². The van der Waals surface area contributed by atoms with Gasteiger partial charge in [0.15, 0.2) is 0 Å². The van der Waals surface area contributed by atoms with Crippen LogP contribution in [0.5, 0.6) is 0 Å². The van der Waals surface area contributed by atoms with Crippen molar-refractivity contribution in [3.63, 3.8) is 0 Å². The van der Waals surface area contributed by atoms with Gasteiger partial charge in [0.2, 0.25) is 0 Å². The first-order chi connectivity index (χ1) is 7.22. The molecule has 0 aromatic carbocycles. The first-order valence-electron chi connectivity index (χ1n) is 6.67. The summed E-state index contributed by atoms with van der Waals surface area (Å²) in [6.07, 6.45) is 2.72. The number of rotatable bonds is 4. The average Bonchev–Trinajstić information content (AvgIpc) is 2.72. The van der Waals surface area contributed by atoms with Gasteiger partial charge in [0.05, 0.1) is 0 Å². The highest BCUT2D eigenvalue weighted by atomic mass is 15.2. The van der Waals surface area contributed by atoms with Gasteiger partial charge in [-0.25, -0.2) is 0 Å². The molecule has 2 nitrogen and oxygen atoms in total. The molecule has 2 heteroatoms. The highest BCUT2D eigenvalue weighted by Gasteiger charge is 2.41. The molecule has 0 aliphatic carbocycles. The molecule has 4 atom stereocenters. The summed E-state index contributed by atoms with van der Waals surface area (Å²) in [4.78, 5) is 2.73. The zero-order chi connectivity index (χ0) is 10.8. The summed E-state index contributed by atoms with van der Waals surface area (Å²) in [6, 6.07) is 0.810. The number of nitrogens with one attached hydrogen (secondary N) is 1. The molecule has 4 unspecified atom stereocenters. The predicted molar refractivity (Wildman–Crippen MR) is 65.0 cm³/mol. The van der Waals surface area contributed by atoms with E-state index in [4.69, 9.17) is 0 Å². The van der Waals surface area contributed by atoms with Gasteiger partial charge < -0.3 is 5.32 Å². The van der Waals surface area contributed by atoms with Crippen LogP contribution < -0.4 is 5.32 Å². The van der Waals surface area contributed by atoms with Gasteiger partial charge >= 0.3 is 0 Å². The second kappa shape index (κ2) is 4.84. The molecule has 0 spiro atoms. The van der Waals surface area contributed by atoms with Crippen LogP contribution in [0.15, 0.2) is 0 Å². The molecule has 2 rings (SSSR count). The Kier molecular flexibility index (Phi) is 3.68. The van der Waals surface area contributed by atoms with E-state index in [0.717, 1.165) is 23.8 Å². The van der Waals surface area contributed by atoms with Gasteiger partial charge in [-0.3, -0.25) is 4.90 Å². The first-order valence-corrected chi connectivity index (χ1v) is 6.67. The molecule has 2 fully saturated rings. The van der Waals surface area contributed by atoms with Crippen molar-refractivity contribution in [1.29, 1.82) is 0 Å². The second-order valence-corrected chi connectivity index (χ2v) is 5.67. The molecular formula is C13H26N2. The van der Waals surface area contributed by atoms with E-state index in [1.54, 1.807) is 0 Å². The van der Waals surface area contributed by atoms with Crippen LogP contribution in [0.1, 0.15) is 33.6 Å². The zero-order valence-electron chi connectivity index (χ0n) is 10.5. The summed E-state index contributed by atoms with van der Waals surface area (Å²) >= 11 is 0. The fourth-order valence-corrected chi connectivity index (χ4v) is 3.48. The normalized spacial score (nSPS) is 38.2. The molecule has 1 N–H and O–H groups in total. The van der Waals surface area contributed by atoms with E-state index in [0.29, 0.717) is 0 Å². The Labute approximate surface area is 94.4 Å². The van der Waals surface area contributed by atoms with E-state index in [1.807, 2.05) is 0 Å². The van der Waals surface area contributed by atoms with Gasteiger partial charge in [0.25, 0.3) is 0 Å². The lowest BCUT2D eigenvalue weighted by molar-refractivity contribution is 0.204. The van der Waals surface area contributed by atoms with Crippen molar-refractivity contribution >= 4 is 0 Å². The fourth-order valence-electron chi connectivity index (χ4n) is 3.48. The molecule has 88 valence electrons. The summed E-state index contributed by atoms with van der Waals surface area (Å²) in [5.74, 6) is 2.75. The Bertz CT molecular complexity index is 205. The summed E-state index contributed by atoms with van der Waals surface area (Å²) < 4.78 is 0. The number of fused-ring (bicyclic) bond motifs is 1. The molecule has 0 aromatic rings. The lowest BCUT2D eigenvalue weighted by Gasteiger charge is -2.27. The minimum absolute atomic E-state index is 0.810. The smallest absolute Gasteiger partial charge is 0.0111 e. The zero-order valence-corrected chi connectivity index (χ0v) is 10.5. The molecule has 0 bridgehead atoms. The Morgan fingerprint density at radius 2 is 2.20 bits per heavy atom. The Morgan fingerprint density at radius 3 is 2.87 bits per heavy atom. The molecule has 2 aliphatic rings. The summed E-state index contributed by atoms with van der Waals surface area (Å²) in [7, 11) is 0. The van der Waals surface area contributed by atoms with E-state index in [9.17, 15) is 0 Å². The van der Waals surface area contributed by atoms with E-state index < -0.39 is 0 Å². The molecule has 2 heterocycles. The Morgan fingerprint density at radius 1 is 1.40 bits per heavy atom. The van der Waals surface area contributed by atoms with Gasteiger partial charge in [-0.2, -0.15) is 0 Å². The molecule has 15 heavy (non-hydrogen) atoms. The number of hydrogen-bond acceptors (Lipinski definition) is 2. The maximum Gasteiger partial charge on any atom is 0.0111 e. The SMILES string of the molecule is CCCC(C)CN1CC2CNCC2C1C. The fraction of sp³-hybridized carbons (Fsp3) is 1.00. The average molecular weight is 210 g/mol. The van der Waals surface area contributed by atoms with Crippen molar-refractivity contribution in [1.82, 2.24) is 10.2 Å². The van der Waals surface area contributed by atoms with Crippen LogP contribution in [0.2, 0.25) is 0 Å². The van der Waals surface area contributed by atoms with Crippen LogP contribution in [-0.2, 0) is 0 Å². The lowest BCUT2D eigenvalue weighted by Crippen LogP contribution is -2.36. The molecule has 0 aromatic heterocycles. The topological polar surface area (TPSA) is 15.3 Å². The minimum Gasteiger partial charge on any atom is -0.316 e. The third kappa shape index (κ3) is 2.36. The van der Waals surface area contributed by atoms with Crippen LogP contribution in [0.3, 0.4) is 0 Å². The molecular weight excluding hydrogens is 184 g/mol. The van der Waals surface area contributed by atoms with E-state index in [1.165, 1.54) is 39.0 Å². The highest BCUT2D eigenvalue weighted by molar-refractivity contribution is 4.96. The van der Waals surface area contributed by atoms with Crippen LogP contribution >= 0.6 is 0 Å². The lowest BCUT2D eigenvalue weighted by atomic mass is 9.95. The van der Waals surface area contributed by atoms with Gasteiger partial charge in [0, 0.05) is 19.1 Å².